The number of rotatable bonds is 5. The van der Waals surface area contributed by atoms with E-state index in [0.29, 0.717) is 28.1 Å². The monoisotopic (exact) mass is 364 g/mol. The molecule has 2 amide bonds. The van der Waals surface area contributed by atoms with E-state index in [2.05, 4.69) is 11.9 Å². The Bertz CT molecular complexity index is 914. The summed E-state index contributed by atoms with van der Waals surface area (Å²) in [5, 5.41) is 2.79. The zero-order chi connectivity index (χ0) is 19.6. The number of hydrogen-bond acceptors (Lipinski definition) is 4. The number of methoxy groups -OCH3 is 1. The number of amides is 2. The summed E-state index contributed by atoms with van der Waals surface area (Å²) in [7, 11) is 1.31. The normalized spacial score (nSPS) is 12.7. The number of hydrogen-bond donors (Lipinski definition) is 1. The van der Waals surface area contributed by atoms with Gasteiger partial charge in [-0.1, -0.05) is 30.8 Å². The van der Waals surface area contributed by atoms with Crippen molar-refractivity contribution in [1.29, 1.82) is 0 Å². The first-order valence-electron chi connectivity index (χ1n) is 8.52. The second kappa shape index (κ2) is 7.45. The van der Waals surface area contributed by atoms with E-state index in [9.17, 15) is 14.4 Å². The molecule has 0 unspecified atom stereocenters. The fourth-order valence-corrected chi connectivity index (χ4v) is 3.10. The van der Waals surface area contributed by atoms with Gasteiger partial charge in [-0.15, -0.1) is 0 Å². The highest BCUT2D eigenvalue weighted by molar-refractivity contribution is 6.09. The van der Waals surface area contributed by atoms with Crippen LogP contribution in [0.4, 0.5) is 5.69 Å². The first kappa shape index (κ1) is 18.4. The van der Waals surface area contributed by atoms with Gasteiger partial charge in [-0.3, -0.25) is 9.59 Å². The highest BCUT2D eigenvalue weighted by Crippen LogP contribution is 2.31. The molecule has 1 heterocycles. The molecule has 2 aromatic carbocycles. The zero-order valence-electron chi connectivity index (χ0n) is 15.2. The Labute approximate surface area is 157 Å². The summed E-state index contributed by atoms with van der Waals surface area (Å²) >= 11 is 0. The highest BCUT2D eigenvalue weighted by Gasteiger charge is 2.30. The maximum Gasteiger partial charge on any atom is 0.338 e. The van der Waals surface area contributed by atoms with Gasteiger partial charge < -0.3 is 15.0 Å². The van der Waals surface area contributed by atoms with Gasteiger partial charge in [0.15, 0.2) is 0 Å². The summed E-state index contributed by atoms with van der Waals surface area (Å²) in [6.45, 7) is 5.94. The molecule has 3 rings (SSSR count). The summed E-state index contributed by atoms with van der Waals surface area (Å²) in [6.07, 6.45) is 0.112. The summed E-state index contributed by atoms with van der Waals surface area (Å²) in [5.41, 5.74) is 3.57. The maximum atomic E-state index is 12.5. The van der Waals surface area contributed by atoms with Gasteiger partial charge in [0.05, 0.1) is 12.7 Å². The largest absolute Gasteiger partial charge is 0.465 e. The van der Waals surface area contributed by atoms with Crippen LogP contribution in [0.1, 0.15) is 38.3 Å². The summed E-state index contributed by atoms with van der Waals surface area (Å²) in [5.74, 6) is -0.857. The number of carbonyl (C=O) groups is 3. The van der Waals surface area contributed by atoms with E-state index in [1.165, 1.54) is 12.0 Å². The van der Waals surface area contributed by atoms with Crippen LogP contribution in [0.5, 0.6) is 0 Å². The van der Waals surface area contributed by atoms with Gasteiger partial charge in [-0.05, 0) is 30.7 Å². The topological polar surface area (TPSA) is 75.7 Å². The second-order valence-corrected chi connectivity index (χ2v) is 6.22. The zero-order valence-corrected chi connectivity index (χ0v) is 15.2. The van der Waals surface area contributed by atoms with E-state index in [0.717, 1.165) is 5.56 Å². The van der Waals surface area contributed by atoms with Crippen molar-refractivity contribution < 1.29 is 19.1 Å². The highest BCUT2D eigenvalue weighted by atomic mass is 16.5. The molecule has 0 radical (unpaired) electrons. The number of esters is 1. The molecule has 2 aromatic rings. The lowest BCUT2D eigenvalue weighted by molar-refractivity contribution is -0.116. The minimum absolute atomic E-state index is 0.112. The van der Waals surface area contributed by atoms with Crippen molar-refractivity contribution in [2.75, 3.05) is 19.0 Å². The van der Waals surface area contributed by atoms with E-state index in [1.807, 2.05) is 12.1 Å². The van der Waals surface area contributed by atoms with Gasteiger partial charge >= 0.3 is 5.97 Å². The number of ether oxygens (including phenoxy) is 1. The number of nitrogens with one attached hydrogen (secondary N) is 1. The lowest BCUT2D eigenvalue weighted by Crippen LogP contribution is -2.27. The molecule has 0 spiro atoms. The third kappa shape index (κ3) is 3.46. The predicted molar refractivity (Wildman–Crippen MR) is 102 cm³/mol. The molecule has 0 atom stereocenters. The van der Waals surface area contributed by atoms with Crippen molar-refractivity contribution >= 4 is 29.2 Å². The van der Waals surface area contributed by atoms with Gasteiger partial charge in [0.25, 0.3) is 5.91 Å². The lowest BCUT2D eigenvalue weighted by Gasteiger charge is -2.17. The summed E-state index contributed by atoms with van der Waals surface area (Å²) in [4.78, 5) is 38.1. The van der Waals surface area contributed by atoms with Gasteiger partial charge in [0, 0.05) is 35.5 Å². The Kier molecular flexibility index (Phi) is 5.07. The van der Waals surface area contributed by atoms with Crippen LogP contribution < -0.4 is 5.32 Å². The van der Waals surface area contributed by atoms with Gasteiger partial charge in [-0.2, -0.15) is 0 Å². The van der Waals surface area contributed by atoms with Gasteiger partial charge in [0.1, 0.15) is 0 Å². The minimum atomic E-state index is -0.458. The number of fused-ring (bicyclic) bond motifs is 1. The summed E-state index contributed by atoms with van der Waals surface area (Å²) in [6, 6.07) is 12.3. The van der Waals surface area contributed by atoms with Crippen LogP contribution in [0.3, 0.4) is 0 Å². The molecule has 1 aliphatic heterocycles. The molecule has 27 heavy (non-hydrogen) atoms. The van der Waals surface area contributed by atoms with E-state index in [1.54, 1.807) is 37.3 Å². The first-order valence-corrected chi connectivity index (χ1v) is 8.52. The molecule has 138 valence electrons. The van der Waals surface area contributed by atoms with Crippen molar-refractivity contribution in [3.8, 4) is 0 Å². The molecule has 6 heteroatoms. The van der Waals surface area contributed by atoms with E-state index in [4.69, 9.17) is 4.74 Å². The molecular weight excluding hydrogens is 344 g/mol. The Morgan fingerprint density at radius 2 is 1.81 bits per heavy atom. The molecular formula is C21H20N2O4. The minimum Gasteiger partial charge on any atom is -0.465 e. The third-order valence-corrected chi connectivity index (χ3v) is 4.62. The van der Waals surface area contributed by atoms with Crippen LogP contribution in [-0.2, 0) is 9.53 Å². The van der Waals surface area contributed by atoms with Crippen molar-refractivity contribution in [3.05, 3.63) is 71.3 Å². The molecule has 0 aromatic heterocycles. The van der Waals surface area contributed by atoms with Crippen molar-refractivity contribution in [2.45, 2.75) is 13.3 Å². The number of carbonyl (C=O) groups excluding carboxylic acids is 3. The smallest absolute Gasteiger partial charge is 0.338 e. The fraction of sp³-hybridized carbons (Fsp3) is 0.190. The average molecular weight is 364 g/mol. The number of nitrogens with zero attached hydrogens (tertiary/aromatic N) is 1. The van der Waals surface area contributed by atoms with Crippen molar-refractivity contribution in [1.82, 2.24) is 4.90 Å². The number of anilines is 1. The molecule has 0 aliphatic carbocycles. The second-order valence-electron chi connectivity index (χ2n) is 6.22. The van der Waals surface area contributed by atoms with Crippen molar-refractivity contribution in [3.63, 3.8) is 0 Å². The maximum absolute atomic E-state index is 12.5. The first-order chi connectivity index (χ1) is 12.9. The molecule has 0 bridgehead atoms. The van der Waals surface area contributed by atoms with Crippen LogP contribution in [0.25, 0.3) is 5.70 Å². The lowest BCUT2D eigenvalue weighted by atomic mass is 10.1. The van der Waals surface area contributed by atoms with Crippen LogP contribution in [0.2, 0.25) is 0 Å². The molecule has 0 saturated carbocycles. The fourth-order valence-electron chi connectivity index (χ4n) is 3.10. The molecule has 0 saturated heterocycles. The van der Waals surface area contributed by atoms with Crippen LogP contribution >= 0.6 is 0 Å². The van der Waals surface area contributed by atoms with Gasteiger partial charge in [0.2, 0.25) is 5.91 Å². The molecule has 0 fully saturated rings. The van der Waals surface area contributed by atoms with Crippen LogP contribution in [0, 0.1) is 6.92 Å². The molecule has 6 nitrogen and oxygen atoms in total. The predicted octanol–water partition coefficient (Wildman–Crippen LogP) is 3.24. The van der Waals surface area contributed by atoms with Crippen molar-refractivity contribution in [2.24, 2.45) is 0 Å². The van der Waals surface area contributed by atoms with E-state index >= 15 is 0 Å². The Balaban J connectivity index is 1.66. The molecule has 1 aliphatic rings. The standard InChI is InChI=1S/C21H20N2O4/c1-13-15(21(26)27-3)9-6-10-18(13)22-19(24)11-12-23-14(2)16-7-4-5-8-17(16)20(23)25/h4-10H,2,11-12H2,1,3H3,(H,22,24). The molecule has 1 N–H and O–H groups in total. The number of benzene rings is 2. The average Bonchev–Trinajstić information content (AvgIpc) is 2.92. The van der Waals surface area contributed by atoms with Gasteiger partial charge in [-0.25, -0.2) is 4.79 Å². The Morgan fingerprint density at radius 1 is 1.11 bits per heavy atom. The van der Waals surface area contributed by atoms with E-state index < -0.39 is 5.97 Å². The van der Waals surface area contributed by atoms with E-state index in [-0.39, 0.29) is 24.8 Å². The van der Waals surface area contributed by atoms with Crippen LogP contribution in [-0.4, -0.2) is 36.3 Å². The Morgan fingerprint density at radius 3 is 2.48 bits per heavy atom. The summed E-state index contributed by atoms with van der Waals surface area (Å²) < 4.78 is 4.74. The Hall–Kier alpha value is -3.41. The third-order valence-electron chi connectivity index (χ3n) is 4.62. The van der Waals surface area contributed by atoms with Crippen LogP contribution in [0.15, 0.2) is 49.0 Å². The quantitative estimate of drug-likeness (QED) is 0.827. The SMILES string of the molecule is C=C1c2ccccc2C(=O)N1CCC(=O)Nc1cccc(C(=O)OC)c1C.